The monoisotopic (exact) mass is 1120 g/mol. The van der Waals surface area contributed by atoms with Crippen molar-refractivity contribution in [3.8, 4) is 6.07 Å². The number of nitriles is 1. The molecule has 0 atom stereocenters. The minimum atomic E-state index is -6.13. The van der Waals surface area contributed by atoms with Crippen molar-refractivity contribution in [1.29, 1.82) is 5.26 Å². The zero-order chi connectivity index (χ0) is 57.4. The number of esters is 1. The zero-order valence-corrected chi connectivity index (χ0v) is 36.8. The highest BCUT2D eigenvalue weighted by molar-refractivity contribution is 7.20. The Bertz CT molecular complexity index is 2670. The molecule has 406 valence electrons. The fraction of sp³-hybridized carbons (Fsp3) is 0.217. The van der Waals surface area contributed by atoms with Crippen molar-refractivity contribution < 1.29 is 119 Å². The highest BCUT2D eigenvalue weighted by Gasteiger charge is 2.47. The Hall–Kier alpha value is -7.48. The van der Waals surface area contributed by atoms with Crippen molar-refractivity contribution in [2.24, 2.45) is 0 Å². The highest BCUT2D eigenvalue weighted by atomic mass is 19.4. The number of benzene rings is 5. The Morgan fingerprint density at radius 3 is 0.987 bits per heavy atom. The molecule has 0 N–H and O–H groups in total. The molecule has 0 saturated carbocycles. The van der Waals surface area contributed by atoms with Crippen LogP contribution in [-0.4, -0.2) is 23.7 Å². The van der Waals surface area contributed by atoms with Crippen LogP contribution in [0.25, 0.3) is 0 Å². The van der Waals surface area contributed by atoms with Crippen LogP contribution in [-0.2, 0) is 60.7 Å². The number of aromatic nitrogens is 2. The van der Waals surface area contributed by atoms with Crippen LogP contribution in [0.15, 0.2) is 122 Å². The van der Waals surface area contributed by atoms with Gasteiger partial charge in [0.05, 0.1) is 50.7 Å². The molecule has 0 spiro atoms. The predicted molar refractivity (Wildman–Crippen MR) is 216 cm³/mol. The average molecular weight is 1120 g/mol. The topological polar surface area (TPSA) is 66.9 Å². The summed E-state index contributed by atoms with van der Waals surface area (Å²) in [6.45, 7) is 0.371. The van der Waals surface area contributed by atoms with Gasteiger partial charge in [0.15, 0.2) is 19.3 Å². The average Bonchev–Trinajstić information content (AvgIpc) is 3.29. The van der Waals surface area contributed by atoms with E-state index in [1.807, 2.05) is 34.9 Å². The second-order valence-corrected chi connectivity index (χ2v) is 16.1. The van der Waals surface area contributed by atoms with Gasteiger partial charge < -0.3 is 4.74 Å². The quantitative estimate of drug-likeness (QED) is 0.0659. The minimum absolute atomic E-state index is 0.189. The van der Waals surface area contributed by atoms with Crippen LogP contribution in [0.4, 0.5) is 105 Å². The Kier molecular flexibility index (Phi) is 16.3. The van der Waals surface area contributed by atoms with Crippen molar-refractivity contribution >= 4 is 34.0 Å². The van der Waals surface area contributed by atoms with E-state index in [4.69, 9.17) is 10.00 Å². The number of alkyl halides is 24. The van der Waals surface area contributed by atoms with Gasteiger partial charge in [0.2, 0.25) is 11.9 Å². The van der Waals surface area contributed by atoms with Gasteiger partial charge in [0, 0.05) is 5.56 Å². The van der Waals surface area contributed by atoms with E-state index in [9.17, 15) is 110 Å². The summed E-state index contributed by atoms with van der Waals surface area (Å²) >= 11 is 0. The van der Waals surface area contributed by atoms with Crippen LogP contribution in [0.2, 0.25) is 0 Å². The third-order valence-corrected chi connectivity index (χ3v) is 10.9. The van der Waals surface area contributed by atoms with E-state index in [1.54, 1.807) is 18.5 Å². The molecule has 1 heterocycles. The molecule has 5 nitrogen and oxygen atoms in total. The first-order valence-corrected chi connectivity index (χ1v) is 20.3. The first kappa shape index (κ1) is 59.4. The van der Waals surface area contributed by atoms with E-state index in [0.717, 1.165) is 5.56 Å². The molecule has 0 fully saturated rings. The third-order valence-electron chi connectivity index (χ3n) is 10.9. The predicted octanol–water partition coefficient (Wildman–Crippen LogP) is 12.3. The van der Waals surface area contributed by atoms with Crippen LogP contribution in [0.3, 0.4) is 0 Å². The molecule has 0 unspecified atom stereocenters. The molecule has 76 heavy (non-hydrogen) atoms. The molecule has 1 aromatic heterocycles. The van der Waals surface area contributed by atoms with Gasteiger partial charge in [0.1, 0.15) is 12.2 Å². The number of nitrogens with zero attached hydrogens (tertiary/aromatic N) is 3. The molecule has 0 amide bonds. The molecule has 0 radical (unpaired) electrons. The number of ether oxygens (including phenoxy) is 1. The summed E-state index contributed by atoms with van der Waals surface area (Å²) in [6.07, 6.45) is -49.9. The number of carbonyl (C=O) groups is 1. The number of carbonyl (C=O) groups excluding carboxylic acids is 1. The van der Waals surface area contributed by atoms with Crippen molar-refractivity contribution in [1.82, 2.24) is 4.98 Å². The standard InChI is InChI=1S/C32H12BF24.C14H12N3O2/c34-25(35,36)13-1-14(26(37,38)39)6-21(5-13)33(22-7-15(27(40,41)42)2-16(8-22)28(43,44)45,23-9-17(29(46,47)48)3-18(10-23)30(49,50)51)24-11-19(31(52,53)54)4-20(12-24)32(55,56)57;15-6-9-19-14(18)13-11-17(8-7-16-13)10-12-4-2-1-3-5-12/h1-12H;1-5,7-8,11H,9-10H2/q-1;+1. The lowest BCUT2D eigenvalue weighted by atomic mass is 9.12. The molecule has 6 rings (SSSR count). The lowest BCUT2D eigenvalue weighted by Crippen LogP contribution is -2.75. The van der Waals surface area contributed by atoms with Crippen LogP contribution < -0.4 is 26.4 Å². The summed E-state index contributed by atoms with van der Waals surface area (Å²) in [5, 5.41) is 8.36. The maximum atomic E-state index is 14.2. The molecule has 0 aliphatic carbocycles. The molecule has 30 heteroatoms. The SMILES string of the molecule is FC(F)(F)c1cc([B-](c2cc(C(F)(F)F)cc(C(F)(F)F)c2)(c2cc(C(F)(F)F)cc(C(F)(F)F)c2)c2cc(C(F)(F)F)cc(C(F)(F)F)c2)cc(C(F)(F)F)c1.N#CCOC(=O)c1c[n+](Cc2ccccc2)ccn1. The van der Waals surface area contributed by atoms with E-state index in [0.29, 0.717) is 6.54 Å². The van der Waals surface area contributed by atoms with Crippen molar-refractivity contribution in [3.05, 3.63) is 177 Å². The smallest absolute Gasteiger partial charge is 0.416 e. The maximum Gasteiger partial charge on any atom is 0.416 e. The first-order chi connectivity index (χ1) is 34.6. The van der Waals surface area contributed by atoms with Gasteiger partial charge in [0.25, 0.3) is 0 Å². The fourth-order valence-corrected chi connectivity index (χ4v) is 7.67. The summed E-state index contributed by atoms with van der Waals surface area (Å²) in [4.78, 5) is 15.5. The Labute approximate surface area is 409 Å². The lowest BCUT2D eigenvalue weighted by Gasteiger charge is -2.46. The minimum Gasteiger partial charge on any atom is -0.445 e. The third kappa shape index (κ3) is 14.1. The van der Waals surface area contributed by atoms with Crippen LogP contribution in [0, 0.1) is 11.3 Å². The normalized spacial score (nSPS) is 13.1. The van der Waals surface area contributed by atoms with Gasteiger partial charge in [-0.1, -0.05) is 78.9 Å². The second kappa shape index (κ2) is 20.9. The summed E-state index contributed by atoms with van der Waals surface area (Å²) in [6, 6.07) is 2.80. The highest BCUT2D eigenvalue weighted by Crippen LogP contribution is 2.41. The second-order valence-electron chi connectivity index (χ2n) is 16.1. The largest absolute Gasteiger partial charge is 0.445 e. The summed E-state index contributed by atoms with van der Waals surface area (Å²) in [5.74, 6) is -0.594. The molecule has 0 bridgehead atoms. The van der Waals surface area contributed by atoms with Crippen molar-refractivity contribution in [3.63, 3.8) is 0 Å². The Morgan fingerprint density at radius 1 is 0.461 bits per heavy atom. The van der Waals surface area contributed by atoms with E-state index in [2.05, 4.69) is 4.98 Å². The summed E-state index contributed by atoms with van der Waals surface area (Å²) in [5.41, 5.74) is -28.9. The first-order valence-electron chi connectivity index (χ1n) is 20.3. The van der Waals surface area contributed by atoms with E-state index in [-0.39, 0.29) is 12.3 Å². The van der Waals surface area contributed by atoms with Crippen molar-refractivity contribution in [2.75, 3.05) is 6.61 Å². The Balaban J connectivity index is 0.000000468. The molecule has 0 aliphatic heterocycles. The molecule has 0 aliphatic rings. The number of halogens is 24. The fourth-order valence-electron chi connectivity index (χ4n) is 7.67. The Morgan fingerprint density at radius 2 is 0.737 bits per heavy atom. The van der Waals surface area contributed by atoms with Crippen molar-refractivity contribution in [2.45, 2.75) is 56.0 Å². The van der Waals surface area contributed by atoms with Crippen LogP contribution in [0.5, 0.6) is 0 Å². The van der Waals surface area contributed by atoms with Gasteiger partial charge in [-0.3, -0.25) is 0 Å². The van der Waals surface area contributed by atoms with Gasteiger partial charge in [-0.05, 0) is 24.3 Å². The summed E-state index contributed by atoms with van der Waals surface area (Å²) in [7, 11) is 0. The van der Waals surface area contributed by atoms with Gasteiger partial charge in [-0.25, -0.2) is 9.78 Å². The van der Waals surface area contributed by atoms with Gasteiger partial charge >= 0.3 is 55.4 Å². The number of rotatable bonds is 8. The number of hydrogen-bond acceptors (Lipinski definition) is 4. The molecular weight excluding hydrogens is 1090 g/mol. The van der Waals surface area contributed by atoms with E-state index >= 15 is 0 Å². The molecule has 6 aromatic rings. The zero-order valence-electron chi connectivity index (χ0n) is 36.8. The van der Waals surface area contributed by atoms with Crippen LogP contribution in [0.1, 0.15) is 60.6 Å². The van der Waals surface area contributed by atoms with E-state index < -0.39 is 201 Å². The number of hydrogen-bond donors (Lipinski definition) is 0. The van der Waals surface area contributed by atoms with E-state index in [1.165, 1.54) is 6.20 Å². The summed E-state index contributed by atoms with van der Waals surface area (Å²) < 4.78 is 347. The lowest BCUT2D eigenvalue weighted by molar-refractivity contribution is -0.689. The molecule has 0 saturated heterocycles. The van der Waals surface area contributed by atoms with Crippen LogP contribution >= 0.6 is 0 Å². The van der Waals surface area contributed by atoms with Gasteiger partial charge in [-0.2, -0.15) is 137 Å². The molecular formula is C46H24BF24N3O2. The molecule has 5 aromatic carbocycles. The van der Waals surface area contributed by atoms with Gasteiger partial charge in [-0.15, -0.1) is 0 Å². The maximum absolute atomic E-state index is 14.2.